The van der Waals surface area contributed by atoms with Crippen LogP contribution in [0.1, 0.15) is 17.2 Å². The quantitative estimate of drug-likeness (QED) is 0.562. The number of pyridine rings is 1. The van der Waals surface area contributed by atoms with Gasteiger partial charge in [0.05, 0.1) is 12.0 Å². The van der Waals surface area contributed by atoms with Crippen molar-refractivity contribution in [2.45, 2.75) is 18.1 Å². The Morgan fingerprint density at radius 1 is 1.18 bits per heavy atom. The van der Waals surface area contributed by atoms with Crippen LogP contribution in [-0.2, 0) is 16.1 Å². The highest BCUT2D eigenvalue weighted by Gasteiger charge is 2.39. The molecule has 4 nitrogen and oxygen atoms in total. The lowest BCUT2D eigenvalue weighted by Crippen LogP contribution is -2.29. The first-order chi connectivity index (χ1) is 13.7. The average molecular weight is 399 g/mol. The molecule has 2 aromatic heterocycles. The number of nitrogens with one attached hydrogen (secondary N) is 1. The smallest absolute Gasteiger partial charge is 0.137 e. The second-order valence-corrected chi connectivity index (χ2v) is 7.09. The van der Waals surface area contributed by atoms with E-state index in [2.05, 4.69) is 9.97 Å². The molecule has 1 N–H and O–H groups in total. The van der Waals surface area contributed by atoms with Gasteiger partial charge in [-0.1, -0.05) is 30.3 Å². The number of benzene rings is 1. The fourth-order valence-corrected chi connectivity index (χ4v) is 3.92. The largest absolute Gasteiger partial charge is 0.492 e. The van der Waals surface area contributed by atoms with Gasteiger partial charge in [-0.3, -0.25) is 0 Å². The molecule has 3 atom stereocenters. The molecule has 4 rings (SSSR count). The summed E-state index contributed by atoms with van der Waals surface area (Å²) in [6, 6.07) is 13.5. The summed E-state index contributed by atoms with van der Waals surface area (Å²) >= 11 is 6.67. The summed E-state index contributed by atoms with van der Waals surface area (Å²) in [7, 11) is 1.56. The van der Waals surface area contributed by atoms with Crippen molar-refractivity contribution >= 4 is 22.6 Å². The Balaban J connectivity index is 1.59. The standard InChI is InChI=1S/C22H20ClFN2O2/c1-27-21(16-12-26-22-15(16)8-5-11-25-22)19-17(24)9-10-18(20(19)23)28-13-14-6-3-2-4-7-14/h2-12,19-21H,13H2,1H3,(H,25,26). The Hall–Kier alpha value is -2.63. The van der Waals surface area contributed by atoms with Gasteiger partial charge in [-0.15, -0.1) is 11.6 Å². The van der Waals surface area contributed by atoms with Gasteiger partial charge >= 0.3 is 0 Å². The second-order valence-electron chi connectivity index (χ2n) is 6.62. The maximum atomic E-state index is 14.8. The molecular weight excluding hydrogens is 379 g/mol. The number of hydrogen-bond donors (Lipinski definition) is 1. The molecule has 0 bridgehead atoms. The number of hydrogen-bond acceptors (Lipinski definition) is 3. The number of fused-ring (bicyclic) bond motifs is 1. The van der Waals surface area contributed by atoms with E-state index >= 15 is 0 Å². The predicted molar refractivity (Wildman–Crippen MR) is 107 cm³/mol. The van der Waals surface area contributed by atoms with Crippen LogP contribution >= 0.6 is 11.6 Å². The fraction of sp³-hybridized carbons (Fsp3) is 0.227. The van der Waals surface area contributed by atoms with Gasteiger partial charge in [0.2, 0.25) is 0 Å². The van der Waals surface area contributed by atoms with Gasteiger partial charge in [-0.05, 0) is 29.8 Å². The summed E-state index contributed by atoms with van der Waals surface area (Å²) in [5.41, 5.74) is 2.56. The molecule has 3 unspecified atom stereocenters. The first-order valence-electron chi connectivity index (χ1n) is 9.02. The van der Waals surface area contributed by atoms with Gasteiger partial charge in [-0.25, -0.2) is 9.37 Å². The molecule has 0 amide bonds. The maximum Gasteiger partial charge on any atom is 0.137 e. The number of H-pyrrole nitrogens is 1. The molecule has 1 aliphatic carbocycles. The second kappa shape index (κ2) is 8.17. The Morgan fingerprint density at radius 2 is 2.00 bits per heavy atom. The first kappa shape index (κ1) is 18.7. The number of ether oxygens (including phenoxy) is 2. The van der Waals surface area contributed by atoms with Gasteiger partial charge in [0, 0.05) is 30.5 Å². The molecule has 0 spiro atoms. The molecule has 28 heavy (non-hydrogen) atoms. The third kappa shape index (κ3) is 3.55. The SMILES string of the molecule is COC(c1c[nH]c2ncccc12)C1C(F)=CC=C(OCc2ccccc2)C1Cl. The summed E-state index contributed by atoms with van der Waals surface area (Å²) in [4.78, 5) is 7.40. The molecule has 0 radical (unpaired) electrons. The normalized spacial score (nSPS) is 20.5. The van der Waals surface area contributed by atoms with Crippen LogP contribution in [0.15, 0.2) is 78.6 Å². The summed E-state index contributed by atoms with van der Waals surface area (Å²) in [5, 5.41) is 0.188. The van der Waals surface area contributed by atoms with Gasteiger partial charge in [0.1, 0.15) is 29.2 Å². The molecule has 3 aromatic rings. The summed E-state index contributed by atoms with van der Waals surface area (Å²) < 4.78 is 26.4. The molecular formula is C22H20ClFN2O2. The molecule has 0 saturated carbocycles. The van der Waals surface area contributed by atoms with E-state index in [0.29, 0.717) is 12.4 Å². The number of nitrogens with zero attached hydrogens (tertiary/aromatic N) is 1. The lowest BCUT2D eigenvalue weighted by atomic mass is 9.87. The van der Waals surface area contributed by atoms with Crippen LogP contribution in [0.25, 0.3) is 11.0 Å². The van der Waals surface area contributed by atoms with Crippen molar-refractivity contribution in [3.63, 3.8) is 0 Å². The van der Waals surface area contributed by atoms with Gasteiger partial charge in [-0.2, -0.15) is 0 Å². The van der Waals surface area contributed by atoms with E-state index in [9.17, 15) is 4.39 Å². The Bertz CT molecular complexity index is 1020. The zero-order chi connectivity index (χ0) is 19.5. The number of aromatic nitrogens is 2. The predicted octanol–water partition coefficient (Wildman–Crippen LogP) is 5.44. The highest BCUT2D eigenvalue weighted by atomic mass is 35.5. The summed E-state index contributed by atoms with van der Waals surface area (Å²) in [6.07, 6.45) is 5.92. The van der Waals surface area contributed by atoms with Crippen LogP contribution in [0.5, 0.6) is 0 Å². The third-order valence-corrected chi connectivity index (χ3v) is 5.42. The van der Waals surface area contributed by atoms with E-state index in [4.69, 9.17) is 21.1 Å². The monoisotopic (exact) mass is 398 g/mol. The van der Waals surface area contributed by atoms with E-state index in [-0.39, 0.29) is 5.83 Å². The first-order valence-corrected chi connectivity index (χ1v) is 9.45. The van der Waals surface area contributed by atoms with Crippen LogP contribution < -0.4 is 0 Å². The number of rotatable bonds is 6. The minimum Gasteiger partial charge on any atom is -0.492 e. The molecule has 144 valence electrons. The van der Waals surface area contributed by atoms with Crippen molar-refractivity contribution in [2.24, 2.45) is 5.92 Å². The molecule has 2 heterocycles. The van der Waals surface area contributed by atoms with Crippen LogP contribution in [0.4, 0.5) is 4.39 Å². The average Bonchev–Trinajstić information content (AvgIpc) is 3.15. The number of methoxy groups -OCH3 is 1. The number of allylic oxidation sites excluding steroid dienone is 3. The van der Waals surface area contributed by atoms with Crippen LogP contribution in [0.2, 0.25) is 0 Å². The topological polar surface area (TPSA) is 47.1 Å². The van der Waals surface area contributed by atoms with E-state index in [1.54, 1.807) is 25.6 Å². The lowest BCUT2D eigenvalue weighted by molar-refractivity contribution is 0.0490. The Labute approximate surface area is 167 Å². The zero-order valence-corrected chi connectivity index (χ0v) is 16.1. The molecule has 6 heteroatoms. The van der Waals surface area contributed by atoms with Crippen LogP contribution in [0.3, 0.4) is 0 Å². The van der Waals surface area contributed by atoms with Crippen molar-refractivity contribution in [3.8, 4) is 0 Å². The lowest BCUT2D eigenvalue weighted by Gasteiger charge is -2.31. The highest BCUT2D eigenvalue weighted by molar-refractivity contribution is 6.22. The Kier molecular flexibility index (Phi) is 5.46. The van der Waals surface area contributed by atoms with E-state index in [1.165, 1.54) is 6.08 Å². The van der Waals surface area contributed by atoms with Gasteiger partial charge < -0.3 is 14.5 Å². The van der Waals surface area contributed by atoms with Gasteiger partial charge in [0.25, 0.3) is 0 Å². The van der Waals surface area contributed by atoms with Crippen molar-refractivity contribution < 1.29 is 13.9 Å². The van der Waals surface area contributed by atoms with Crippen molar-refractivity contribution in [1.82, 2.24) is 9.97 Å². The number of alkyl halides is 1. The minimum absolute atomic E-state index is 0.336. The van der Waals surface area contributed by atoms with E-state index in [0.717, 1.165) is 22.2 Å². The van der Waals surface area contributed by atoms with Crippen molar-refractivity contribution in [2.75, 3.05) is 7.11 Å². The van der Waals surface area contributed by atoms with E-state index in [1.807, 2.05) is 42.5 Å². The minimum atomic E-state index is -0.707. The van der Waals surface area contributed by atoms with Crippen molar-refractivity contribution in [3.05, 3.63) is 89.7 Å². The fourth-order valence-electron chi connectivity index (χ4n) is 3.53. The molecule has 0 aliphatic heterocycles. The third-order valence-electron chi connectivity index (χ3n) is 4.93. The van der Waals surface area contributed by atoms with Gasteiger partial charge in [0.15, 0.2) is 0 Å². The zero-order valence-electron chi connectivity index (χ0n) is 15.3. The summed E-state index contributed by atoms with van der Waals surface area (Å²) in [6.45, 7) is 0.368. The molecule has 0 fully saturated rings. The summed E-state index contributed by atoms with van der Waals surface area (Å²) in [5.74, 6) is -0.518. The van der Waals surface area contributed by atoms with Crippen LogP contribution in [-0.4, -0.2) is 22.5 Å². The Morgan fingerprint density at radius 3 is 2.79 bits per heavy atom. The molecule has 0 saturated heterocycles. The van der Waals surface area contributed by atoms with E-state index < -0.39 is 17.4 Å². The maximum absolute atomic E-state index is 14.8. The van der Waals surface area contributed by atoms with Crippen LogP contribution in [0, 0.1) is 5.92 Å². The van der Waals surface area contributed by atoms with Crippen molar-refractivity contribution in [1.29, 1.82) is 0 Å². The molecule has 1 aliphatic rings. The number of halogens is 2. The molecule has 1 aromatic carbocycles. The highest BCUT2D eigenvalue weighted by Crippen LogP contribution is 2.43. The number of aromatic amines is 1.